The largest absolute Gasteiger partial charge is 0.389 e. The van der Waals surface area contributed by atoms with E-state index in [1.54, 1.807) is 32.1 Å². The smallest absolute Gasteiger partial charge is 0.241 e. The molecule has 1 aromatic heterocycles. The van der Waals surface area contributed by atoms with Crippen molar-refractivity contribution in [3.05, 3.63) is 23.9 Å². The summed E-state index contributed by atoms with van der Waals surface area (Å²) in [4.78, 5) is 19.6. The highest BCUT2D eigenvalue weighted by molar-refractivity contribution is 5.80. The summed E-state index contributed by atoms with van der Waals surface area (Å²) < 4.78 is 0. The summed E-state index contributed by atoms with van der Waals surface area (Å²) in [6.45, 7) is 4.87. The Kier molecular flexibility index (Phi) is 5.76. The van der Waals surface area contributed by atoms with Crippen molar-refractivity contribution in [1.29, 1.82) is 0 Å². The van der Waals surface area contributed by atoms with Gasteiger partial charge < -0.3 is 14.9 Å². The summed E-state index contributed by atoms with van der Waals surface area (Å²) in [5, 5.41) is 9.46. The Bertz CT molecular complexity index is 402. The maximum absolute atomic E-state index is 11.8. The molecule has 0 fully saturated rings. The second kappa shape index (κ2) is 7.09. The molecule has 0 unspecified atom stereocenters. The molecular formula is C14H23N3O2. The highest BCUT2D eigenvalue weighted by Gasteiger charge is 2.13. The van der Waals surface area contributed by atoms with Crippen molar-refractivity contribution in [3.8, 4) is 0 Å². The van der Waals surface area contributed by atoms with Gasteiger partial charge >= 0.3 is 0 Å². The van der Waals surface area contributed by atoms with Gasteiger partial charge in [-0.3, -0.25) is 4.79 Å². The Balaban J connectivity index is 2.83. The molecule has 0 saturated carbocycles. The van der Waals surface area contributed by atoms with Crippen LogP contribution in [0.4, 0.5) is 5.82 Å². The summed E-state index contributed by atoms with van der Waals surface area (Å²) >= 11 is 0. The topological polar surface area (TPSA) is 56.7 Å². The van der Waals surface area contributed by atoms with Crippen molar-refractivity contribution in [2.75, 3.05) is 32.1 Å². The van der Waals surface area contributed by atoms with Crippen LogP contribution in [-0.2, 0) is 4.79 Å². The van der Waals surface area contributed by atoms with Crippen LogP contribution in [0.3, 0.4) is 0 Å². The molecule has 1 atom stereocenters. The van der Waals surface area contributed by atoms with Crippen molar-refractivity contribution in [2.24, 2.45) is 0 Å². The first kappa shape index (κ1) is 15.4. The maximum atomic E-state index is 11.8. The van der Waals surface area contributed by atoms with E-state index in [4.69, 9.17) is 0 Å². The predicted molar refractivity (Wildman–Crippen MR) is 76.1 cm³/mol. The number of amides is 1. The first-order chi connectivity index (χ1) is 8.95. The molecule has 5 heteroatoms. The molecule has 1 heterocycles. The third-order valence-electron chi connectivity index (χ3n) is 2.90. The molecule has 0 aliphatic carbocycles. The van der Waals surface area contributed by atoms with Gasteiger partial charge in [0.2, 0.25) is 5.91 Å². The molecule has 1 amide bonds. The molecule has 0 saturated heterocycles. The normalized spacial score (nSPS) is 12.1. The van der Waals surface area contributed by atoms with Crippen molar-refractivity contribution in [3.63, 3.8) is 0 Å². The fraction of sp³-hybridized carbons (Fsp3) is 0.571. The standard InChI is InChI=1S/C14H23N3O2/c1-5-8-17(10-14(19)16(3)4)13-7-6-12(9-15-13)11(2)18/h6-7,9,11,18H,5,8,10H2,1-4H3/t11-/m0/s1. The summed E-state index contributed by atoms with van der Waals surface area (Å²) in [6, 6.07) is 3.69. The molecule has 106 valence electrons. The monoisotopic (exact) mass is 265 g/mol. The lowest BCUT2D eigenvalue weighted by molar-refractivity contribution is -0.127. The van der Waals surface area contributed by atoms with Gasteiger partial charge in [0.25, 0.3) is 0 Å². The van der Waals surface area contributed by atoms with Crippen LogP contribution in [0.15, 0.2) is 18.3 Å². The van der Waals surface area contributed by atoms with E-state index in [1.807, 2.05) is 17.0 Å². The quantitative estimate of drug-likeness (QED) is 0.845. The third kappa shape index (κ3) is 4.52. The van der Waals surface area contributed by atoms with Crippen LogP contribution in [0.25, 0.3) is 0 Å². The van der Waals surface area contributed by atoms with Crippen LogP contribution < -0.4 is 4.90 Å². The van der Waals surface area contributed by atoms with Gasteiger partial charge in [-0.05, 0) is 25.0 Å². The molecule has 0 aromatic carbocycles. The summed E-state index contributed by atoms with van der Waals surface area (Å²) in [5.41, 5.74) is 0.777. The summed E-state index contributed by atoms with van der Waals surface area (Å²) in [7, 11) is 3.49. The van der Waals surface area contributed by atoms with E-state index < -0.39 is 6.10 Å². The van der Waals surface area contributed by atoms with Crippen LogP contribution in [0.2, 0.25) is 0 Å². The zero-order chi connectivity index (χ0) is 14.4. The van der Waals surface area contributed by atoms with Gasteiger partial charge in [-0.1, -0.05) is 13.0 Å². The Morgan fingerprint density at radius 2 is 2.11 bits per heavy atom. The fourth-order valence-electron chi connectivity index (χ4n) is 1.68. The Morgan fingerprint density at radius 1 is 1.42 bits per heavy atom. The molecule has 19 heavy (non-hydrogen) atoms. The number of likely N-dealkylation sites (N-methyl/N-ethyl adjacent to an activating group) is 1. The lowest BCUT2D eigenvalue weighted by atomic mass is 10.2. The number of nitrogens with zero attached hydrogens (tertiary/aromatic N) is 3. The van der Waals surface area contributed by atoms with Gasteiger partial charge in [0, 0.05) is 26.8 Å². The van der Waals surface area contributed by atoms with Crippen molar-refractivity contribution >= 4 is 11.7 Å². The summed E-state index contributed by atoms with van der Waals surface area (Å²) in [5.74, 6) is 0.816. The number of carbonyl (C=O) groups is 1. The van der Waals surface area contributed by atoms with E-state index in [0.717, 1.165) is 24.3 Å². The van der Waals surface area contributed by atoms with Crippen LogP contribution in [0, 0.1) is 0 Å². The minimum absolute atomic E-state index is 0.0508. The van der Waals surface area contributed by atoms with Crippen LogP contribution in [0.5, 0.6) is 0 Å². The number of pyridine rings is 1. The number of carbonyl (C=O) groups excluding carboxylic acids is 1. The number of rotatable bonds is 6. The molecule has 0 aliphatic heterocycles. The zero-order valence-electron chi connectivity index (χ0n) is 12.1. The lowest BCUT2D eigenvalue weighted by Crippen LogP contribution is -2.37. The molecule has 0 radical (unpaired) electrons. The van der Waals surface area contributed by atoms with Gasteiger partial charge in [0.05, 0.1) is 12.6 Å². The SMILES string of the molecule is CCCN(CC(=O)N(C)C)c1ccc([C@H](C)O)cn1. The predicted octanol–water partition coefficient (Wildman–Crippen LogP) is 1.44. The molecule has 1 rings (SSSR count). The Morgan fingerprint density at radius 3 is 2.53 bits per heavy atom. The minimum atomic E-state index is -0.524. The Labute approximate surface area is 114 Å². The number of anilines is 1. The van der Waals surface area contributed by atoms with Crippen molar-refractivity contribution in [1.82, 2.24) is 9.88 Å². The fourth-order valence-corrected chi connectivity index (χ4v) is 1.68. The van der Waals surface area contributed by atoms with E-state index in [2.05, 4.69) is 11.9 Å². The van der Waals surface area contributed by atoms with Crippen molar-refractivity contribution in [2.45, 2.75) is 26.4 Å². The second-order valence-corrected chi connectivity index (χ2v) is 4.84. The number of hydrogen-bond acceptors (Lipinski definition) is 4. The first-order valence-corrected chi connectivity index (χ1v) is 6.54. The average Bonchev–Trinajstić information content (AvgIpc) is 2.38. The van der Waals surface area contributed by atoms with E-state index in [0.29, 0.717) is 6.54 Å². The van der Waals surface area contributed by atoms with Gasteiger partial charge in [-0.2, -0.15) is 0 Å². The highest BCUT2D eigenvalue weighted by atomic mass is 16.3. The van der Waals surface area contributed by atoms with Gasteiger partial charge in [0.15, 0.2) is 0 Å². The maximum Gasteiger partial charge on any atom is 0.241 e. The highest BCUT2D eigenvalue weighted by Crippen LogP contribution is 2.16. The molecule has 0 spiro atoms. The third-order valence-corrected chi connectivity index (χ3v) is 2.90. The number of aromatic nitrogens is 1. The molecule has 0 aliphatic rings. The van der Waals surface area contributed by atoms with Gasteiger partial charge in [-0.25, -0.2) is 4.98 Å². The Hall–Kier alpha value is -1.62. The molecule has 1 N–H and O–H groups in total. The minimum Gasteiger partial charge on any atom is -0.389 e. The number of hydrogen-bond donors (Lipinski definition) is 1. The number of aliphatic hydroxyl groups is 1. The van der Waals surface area contributed by atoms with Gasteiger partial charge in [0.1, 0.15) is 5.82 Å². The van der Waals surface area contributed by atoms with Crippen molar-refractivity contribution < 1.29 is 9.90 Å². The first-order valence-electron chi connectivity index (χ1n) is 6.54. The zero-order valence-corrected chi connectivity index (χ0v) is 12.1. The van der Waals surface area contributed by atoms with Gasteiger partial charge in [-0.15, -0.1) is 0 Å². The van der Waals surface area contributed by atoms with E-state index in [-0.39, 0.29) is 5.91 Å². The van der Waals surface area contributed by atoms with E-state index in [1.165, 1.54) is 0 Å². The molecular weight excluding hydrogens is 242 g/mol. The van der Waals surface area contributed by atoms with Crippen LogP contribution in [0.1, 0.15) is 31.9 Å². The lowest BCUT2D eigenvalue weighted by Gasteiger charge is -2.24. The van der Waals surface area contributed by atoms with Crippen LogP contribution >= 0.6 is 0 Å². The molecule has 5 nitrogen and oxygen atoms in total. The number of aliphatic hydroxyl groups excluding tert-OH is 1. The molecule has 0 bridgehead atoms. The molecule has 1 aromatic rings. The average molecular weight is 265 g/mol. The van der Waals surface area contributed by atoms with E-state index >= 15 is 0 Å². The van der Waals surface area contributed by atoms with Crippen LogP contribution in [-0.4, -0.2) is 48.1 Å². The second-order valence-electron chi connectivity index (χ2n) is 4.84. The van der Waals surface area contributed by atoms with E-state index in [9.17, 15) is 9.90 Å². The summed E-state index contributed by atoms with van der Waals surface area (Å²) in [6.07, 6.45) is 2.08.